The van der Waals surface area contributed by atoms with Crippen molar-refractivity contribution in [1.82, 2.24) is 14.7 Å². The Balaban J connectivity index is 0.000000218. The summed E-state index contributed by atoms with van der Waals surface area (Å²) in [6.45, 7) is 11.0. The van der Waals surface area contributed by atoms with Gasteiger partial charge in [-0.3, -0.25) is 12.9 Å². The van der Waals surface area contributed by atoms with Gasteiger partial charge in [0.2, 0.25) is 30.1 Å². The van der Waals surface area contributed by atoms with Gasteiger partial charge in [-0.1, -0.05) is 153 Å². The summed E-state index contributed by atoms with van der Waals surface area (Å²) in [4.78, 5) is 7.44. The van der Waals surface area contributed by atoms with Crippen LogP contribution in [0.1, 0.15) is 62.6 Å². The molecule has 6 aromatic carbocycles. The highest BCUT2D eigenvalue weighted by molar-refractivity contribution is 7.92. The van der Waals surface area contributed by atoms with Gasteiger partial charge < -0.3 is 14.7 Å². The van der Waals surface area contributed by atoms with Gasteiger partial charge in [-0.25, -0.2) is 25.3 Å². The molecule has 3 saturated heterocycles. The fraction of sp³-hybridized carbons (Fsp3) is 0.438. The van der Waals surface area contributed by atoms with E-state index in [0.29, 0.717) is 37.4 Å². The summed E-state index contributed by atoms with van der Waals surface area (Å²) < 4.78 is 78.6. The minimum atomic E-state index is -3.28. The lowest BCUT2D eigenvalue weighted by molar-refractivity contribution is 0.180. The predicted octanol–water partition coefficient (Wildman–Crippen LogP) is 11.0. The summed E-state index contributed by atoms with van der Waals surface area (Å²) in [6.07, 6.45) is 13.7. The number of anilines is 3. The van der Waals surface area contributed by atoms with Gasteiger partial charge in [0.05, 0.1) is 35.8 Å². The topological polar surface area (TPSA) is 122 Å². The van der Waals surface area contributed by atoms with E-state index in [1.807, 2.05) is 109 Å². The Kier molecular flexibility index (Phi) is 27.1. The molecule has 3 atom stereocenters. The van der Waals surface area contributed by atoms with Crippen molar-refractivity contribution in [3.8, 4) is 0 Å². The molecule has 0 aromatic heterocycles. The van der Waals surface area contributed by atoms with Crippen LogP contribution in [0.5, 0.6) is 0 Å². The standard InChI is InChI=1S/3C21H28N2O2S.CH4.H2S/c3*1-26(24,25)23(21-12-6-3-7-13-21)18-20-11-8-15-22(17-20)16-14-19-9-4-2-5-10-19;;/h3*2-7,9-10,12-13,20H,8,11,14-18H2,1H3;1H4;1H2/t2*20-;;;/m10.../s1. The fourth-order valence-electron chi connectivity index (χ4n) is 11.1. The molecule has 16 heteroatoms. The SMILES string of the molecule is C.CS(=O)(=O)N(CC1CCCN(CCc2ccccc2)C1)c1ccccc1.CS(=O)(=O)N(C[C@@H]1CCCN(CCc2ccccc2)C1)c1ccccc1.CS(=O)(=O)N(C[C@H]1CCCN(CCc2ccccc2)C1)c1ccccc1.S. The van der Waals surface area contributed by atoms with Crippen molar-refractivity contribution in [2.45, 2.75) is 65.2 Å². The molecule has 0 saturated carbocycles. The first-order valence-corrected chi connectivity index (χ1v) is 33.5. The number of benzene rings is 6. The molecule has 0 spiro atoms. The highest BCUT2D eigenvalue weighted by Crippen LogP contribution is 2.27. The normalized spacial score (nSPS) is 18.1. The summed E-state index contributed by atoms with van der Waals surface area (Å²) in [5, 5.41) is 0. The second-order valence-corrected chi connectivity index (χ2v) is 27.2. The Hall–Kier alpha value is -5.20. The largest absolute Gasteiger partial charge is 0.303 e. The van der Waals surface area contributed by atoms with Gasteiger partial charge in [0.15, 0.2) is 0 Å². The van der Waals surface area contributed by atoms with E-state index in [1.54, 1.807) is 12.9 Å². The first kappa shape index (κ1) is 65.6. The van der Waals surface area contributed by atoms with Gasteiger partial charge >= 0.3 is 0 Å². The van der Waals surface area contributed by atoms with Crippen LogP contribution in [-0.4, -0.2) is 137 Å². The van der Waals surface area contributed by atoms with Crippen LogP contribution in [0.25, 0.3) is 0 Å². The summed E-state index contributed by atoms with van der Waals surface area (Å²) in [6, 6.07) is 59.9. The number of para-hydroxylation sites is 3. The molecular formula is C64H90N6O6S4. The molecule has 436 valence electrons. The third kappa shape index (κ3) is 22.3. The van der Waals surface area contributed by atoms with E-state index in [1.165, 1.54) is 35.5 Å². The molecule has 0 aliphatic carbocycles. The molecule has 3 heterocycles. The third-order valence-electron chi connectivity index (χ3n) is 15.1. The average Bonchev–Trinajstić information content (AvgIpc) is 3.47. The molecule has 6 aromatic rings. The van der Waals surface area contributed by atoms with Crippen LogP contribution in [0.15, 0.2) is 182 Å². The van der Waals surface area contributed by atoms with Gasteiger partial charge in [0, 0.05) is 58.9 Å². The van der Waals surface area contributed by atoms with Gasteiger partial charge in [-0.2, -0.15) is 13.5 Å². The summed E-state index contributed by atoms with van der Waals surface area (Å²) in [5.41, 5.74) is 6.36. The van der Waals surface area contributed by atoms with Crippen LogP contribution in [0.2, 0.25) is 0 Å². The maximum absolute atomic E-state index is 12.3. The van der Waals surface area contributed by atoms with Crippen LogP contribution >= 0.6 is 13.5 Å². The van der Waals surface area contributed by atoms with Gasteiger partial charge in [0.1, 0.15) is 0 Å². The van der Waals surface area contributed by atoms with Crippen LogP contribution < -0.4 is 12.9 Å². The van der Waals surface area contributed by atoms with Gasteiger partial charge in [-0.15, -0.1) is 0 Å². The van der Waals surface area contributed by atoms with E-state index in [0.717, 1.165) is 134 Å². The third-order valence-corrected chi connectivity index (χ3v) is 18.6. The minimum Gasteiger partial charge on any atom is -0.303 e. The van der Waals surface area contributed by atoms with E-state index >= 15 is 0 Å². The quantitative estimate of drug-likeness (QED) is 0.0693. The smallest absolute Gasteiger partial charge is 0.232 e. The van der Waals surface area contributed by atoms with E-state index < -0.39 is 30.1 Å². The van der Waals surface area contributed by atoms with Crippen LogP contribution in [0.4, 0.5) is 17.1 Å². The molecule has 0 bridgehead atoms. The Labute approximate surface area is 489 Å². The van der Waals surface area contributed by atoms with Crippen molar-refractivity contribution < 1.29 is 25.3 Å². The number of sulfonamides is 3. The average molecular weight is 1170 g/mol. The molecule has 3 aliphatic rings. The monoisotopic (exact) mass is 1170 g/mol. The van der Waals surface area contributed by atoms with Crippen molar-refractivity contribution in [3.05, 3.63) is 199 Å². The zero-order valence-corrected chi connectivity index (χ0v) is 50.2. The van der Waals surface area contributed by atoms with Crippen LogP contribution in [0.3, 0.4) is 0 Å². The second-order valence-electron chi connectivity index (χ2n) is 21.5. The summed E-state index contributed by atoms with van der Waals surface area (Å²) >= 11 is 0. The molecule has 0 amide bonds. The van der Waals surface area contributed by atoms with E-state index in [9.17, 15) is 25.3 Å². The zero-order valence-electron chi connectivity index (χ0n) is 46.8. The molecule has 9 rings (SSSR count). The lowest BCUT2D eigenvalue weighted by Gasteiger charge is -2.35. The maximum atomic E-state index is 12.3. The maximum Gasteiger partial charge on any atom is 0.232 e. The molecule has 12 nitrogen and oxygen atoms in total. The van der Waals surface area contributed by atoms with Gasteiger partial charge in [-0.05, 0) is 148 Å². The van der Waals surface area contributed by atoms with E-state index in [2.05, 4.69) is 87.5 Å². The van der Waals surface area contributed by atoms with Crippen LogP contribution in [0, 0.1) is 17.8 Å². The highest BCUT2D eigenvalue weighted by atomic mass is 32.2. The molecule has 3 fully saturated rings. The van der Waals surface area contributed by atoms with Crippen molar-refractivity contribution in [3.63, 3.8) is 0 Å². The van der Waals surface area contributed by atoms with Crippen LogP contribution in [-0.2, 0) is 49.3 Å². The number of hydrogen-bond donors (Lipinski definition) is 0. The number of hydrogen-bond acceptors (Lipinski definition) is 9. The lowest BCUT2D eigenvalue weighted by Crippen LogP contribution is -2.43. The Bertz CT molecular complexity index is 2670. The number of likely N-dealkylation sites (tertiary alicyclic amines) is 3. The Morgan fingerprint density at radius 3 is 0.787 bits per heavy atom. The highest BCUT2D eigenvalue weighted by Gasteiger charge is 2.29. The Morgan fingerprint density at radius 1 is 0.362 bits per heavy atom. The lowest BCUT2D eigenvalue weighted by atomic mass is 9.97. The van der Waals surface area contributed by atoms with E-state index in [-0.39, 0.29) is 20.9 Å². The second kappa shape index (κ2) is 33.0. The first-order chi connectivity index (χ1) is 37.6. The fourth-order valence-corrected chi connectivity index (χ4v) is 14.0. The van der Waals surface area contributed by atoms with E-state index in [4.69, 9.17) is 0 Å². The van der Waals surface area contributed by atoms with Gasteiger partial charge in [0.25, 0.3) is 0 Å². The van der Waals surface area contributed by atoms with Crippen molar-refractivity contribution in [2.75, 3.05) is 110 Å². The predicted molar refractivity (Wildman–Crippen MR) is 341 cm³/mol. The zero-order chi connectivity index (χ0) is 55.2. The van der Waals surface area contributed by atoms with Crippen molar-refractivity contribution in [2.24, 2.45) is 17.8 Å². The molecule has 1 unspecified atom stereocenters. The minimum absolute atomic E-state index is 0. The molecule has 0 radical (unpaired) electrons. The van der Waals surface area contributed by atoms with Crippen molar-refractivity contribution >= 4 is 60.6 Å². The number of rotatable bonds is 21. The number of piperidine rings is 3. The molecule has 3 aliphatic heterocycles. The van der Waals surface area contributed by atoms with Crippen molar-refractivity contribution in [1.29, 1.82) is 0 Å². The Morgan fingerprint density at radius 2 is 0.575 bits per heavy atom. The molecular weight excluding hydrogens is 1080 g/mol. The number of nitrogens with zero attached hydrogens (tertiary/aromatic N) is 6. The summed E-state index contributed by atoms with van der Waals surface area (Å²) in [7, 11) is -9.83. The first-order valence-electron chi connectivity index (χ1n) is 27.9. The summed E-state index contributed by atoms with van der Waals surface area (Å²) in [5.74, 6) is 1.11. The molecule has 0 N–H and O–H groups in total. The molecule has 80 heavy (non-hydrogen) atoms.